The summed E-state index contributed by atoms with van der Waals surface area (Å²) in [6, 6.07) is 5.46. The van der Waals surface area contributed by atoms with Gasteiger partial charge in [0.2, 0.25) is 0 Å². The van der Waals surface area contributed by atoms with E-state index in [4.69, 9.17) is 9.47 Å². The molecule has 2 aliphatic carbocycles. The van der Waals surface area contributed by atoms with E-state index in [1.54, 1.807) is 26.0 Å². The number of hydrogen-bond donors (Lipinski definition) is 0. The van der Waals surface area contributed by atoms with Gasteiger partial charge < -0.3 is 9.47 Å². The Morgan fingerprint density at radius 2 is 1.63 bits per heavy atom. The standard InChI is InChI=1S/C23H19O4/c1-14(2)22(24)26-18-8-10-20-16(12-18)6-5-7-17-13-19(9-11-21(17)20)27-23(25)15(3)4/h5-13H,1,3H2,2,4H3. The molecule has 3 rings (SSSR count). The maximum Gasteiger partial charge on any atom is 0.338 e. The molecule has 0 aromatic heterocycles. The van der Waals surface area contributed by atoms with Gasteiger partial charge in [0.15, 0.2) is 0 Å². The summed E-state index contributed by atoms with van der Waals surface area (Å²) in [6.45, 7) is 10.4. The minimum Gasteiger partial charge on any atom is -0.427 e. The van der Waals surface area contributed by atoms with Crippen LogP contribution in [0.5, 0.6) is 5.75 Å². The van der Waals surface area contributed by atoms with Gasteiger partial charge in [0.05, 0.1) is 6.42 Å². The molecular weight excluding hydrogens is 340 g/mol. The van der Waals surface area contributed by atoms with Crippen molar-refractivity contribution in [3.05, 3.63) is 95.7 Å². The summed E-state index contributed by atoms with van der Waals surface area (Å²) in [5, 5.41) is 0. The monoisotopic (exact) mass is 359 g/mol. The molecule has 0 heterocycles. The van der Waals surface area contributed by atoms with Crippen molar-refractivity contribution in [2.75, 3.05) is 0 Å². The summed E-state index contributed by atoms with van der Waals surface area (Å²) >= 11 is 0. The average Bonchev–Trinajstić information content (AvgIpc) is 2.79. The Bertz CT molecular complexity index is 984. The first-order chi connectivity index (χ1) is 12.8. The Morgan fingerprint density at radius 1 is 0.926 bits per heavy atom. The van der Waals surface area contributed by atoms with Gasteiger partial charge in [-0.2, -0.15) is 0 Å². The summed E-state index contributed by atoms with van der Waals surface area (Å²) in [6.07, 6.45) is 11.2. The van der Waals surface area contributed by atoms with Gasteiger partial charge in [0.1, 0.15) is 11.5 Å². The Morgan fingerprint density at radius 3 is 2.33 bits per heavy atom. The third kappa shape index (κ3) is 4.06. The molecule has 0 saturated heterocycles. The van der Waals surface area contributed by atoms with Crippen LogP contribution in [-0.2, 0) is 14.3 Å². The number of carbonyl (C=O) groups is 2. The van der Waals surface area contributed by atoms with E-state index >= 15 is 0 Å². The molecule has 0 amide bonds. The second kappa shape index (κ2) is 7.46. The fourth-order valence-corrected chi connectivity index (χ4v) is 2.62. The number of ether oxygens (including phenoxy) is 2. The molecular formula is C23H19O4. The Kier molecular flexibility index (Phi) is 5.08. The van der Waals surface area contributed by atoms with Crippen LogP contribution in [0.3, 0.4) is 0 Å². The van der Waals surface area contributed by atoms with Gasteiger partial charge in [-0.25, -0.2) is 9.59 Å². The van der Waals surface area contributed by atoms with Crippen LogP contribution in [0.25, 0.3) is 11.6 Å². The lowest BCUT2D eigenvalue weighted by Gasteiger charge is -2.19. The first kappa shape index (κ1) is 18.4. The molecule has 0 spiro atoms. The summed E-state index contributed by atoms with van der Waals surface area (Å²) in [7, 11) is 0. The molecule has 0 atom stereocenters. The van der Waals surface area contributed by atoms with Crippen LogP contribution in [0.4, 0.5) is 0 Å². The highest BCUT2D eigenvalue weighted by Crippen LogP contribution is 2.37. The van der Waals surface area contributed by atoms with E-state index in [1.165, 1.54) is 0 Å². The number of rotatable bonds is 4. The van der Waals surface area contributed by atoms with Crippen LogP contribution in [-0.4, -0.2) is 11.9 Å². The third-order valence-corrected chi connectivity index (χ3v) is 4.01. The van der Waals surface area contributed by atoms with Gasteiger partial charge in [0, 0.05) is 11.1 Å². The minimum absolute atomic E-state index is 0.344. The summed E-state index contributed by atoms with van der Waals surface area (Å²) in [5.41, 5.74) is 4.50. The van der Waals surface area contributed by atoms with Gasteiger partial charge >= 0.3 is 11.9 Å². The molecule has 0 saturated carbocycles. The predicted octanol–water partition coefficient (Wildman–Crippen LogP) is 4.73. The molecule has 4 nitrogen and oxygen atoms in total. The number of fused-ring (bicyclic) bond motifs is 3. The molecule has 1 aromatic carbocycles. The fraction of sp³-hybridized carbons (Fsp3) is 0.0870. The lowest BCUT2D eigenvalue weighted by Crippen LogP contribution is -2.09. The van der Waals surface area contributed by atoms with Crippen LogP contribution in [0.2, 0.25) is 0 Å². The molecule has 135 valence electrons. The largest absolute Gasteiger partial charge is 0.427 e. The van der Waals surface area contributed by atoms with Crippen molar-refractivity contribution in [3.63, 3.8) is 0 Å². The number of benzene rings is 1. The van der Waals surface area contributed by atoms with Crippen LogP contribution in [0.15, 0.2) is 78.1 Å². The first-order valence-corrected chi connectivity index (χ1v) is 8.40. The van der Waals surface area contributed by atoms with Gasteiger partial charge in [-0.05, 0) is 54.3 Å². The number of esters is 2. The highest BCUT2D eigenvalue weighted by molar-refractivity contribution is 5.93. The number of allylic oxidation sites excluding steroid dienone is 6. The zero-order valence-corrected chi connectivity index (χ0v) is 15.2. The summed E-state index contributed by atoms with van der Waals surface area (Å²) < 4.78 is 10.6. The van der Waals surface area contributed by atoms with E-state index in [9.17, 15) is 9.59 Å². The Labute approximate surface area is 158 Å². The van der Waals surface area contributed by atoms with Crippen molar-refractivity contribution in [2.24, 2.45) is 0 Å². The normalized spacial score (nSPS) is 14.5. The van der Waals surface area contributed by atoms with E-state index in [0.717, 1.165) is 22.3 Å². The van der Waals surface area contributed by atoms with Crippen molar-refractivity contribution >= 4 is 23.6 Å². The fourth-order valence-electron chi connectivity index (χ4n) is 2.62. The average molecular weight is 359 g/mol. The molecule has 27 heavy (non-hydrogen) atoms. The van der Waals surface area contributed by atoms with E-state index in [2.05, 4.69) is 13.2 Å². The SMILES string of the molecule is C=C(C)C(=O)OC1=CC=C2C(=CC=Cc3cc(OC(=O)C(=C)C)ccc32)[CH]1. The number of hydrogen-bond acceptors (Lipinski definition) is 4. The van der Waals surface area contributed by atoms with Crippen molar-refractivity contribution in [3.8, 4) is 5.75 Å². The van der Waals surface area contributed by atoms with Crippen LogP contribution in [0, 0.1) is 6.42 Å². The van der Waals surface area contributed by atoms with Gasteiger partial charge in [0.25, 0.3) is 0 Å². The van der Waals surface area contributed by atoms with Crippen LogP contribution in [0.1, 0.15) is 25.0 Å². The van der Waals surface area contributed by atoms with Crippen molar-refractivity contribution in [2.45, 2.75) is 13.8 Å². The first-order valence-electron chi connectivity index (χ1n) is 8.40. The van der Waals surface area contributed by atoms with Crippen molar-refractivity contribution in [1.29, 1.82) is 0 Å². The molecule has 2 aliphatic rings. The van der Waals surface area contributed by atoms with E-state index in [0.29, 0.717) is 22.7 Å². The molecule has 0 fully saturated rings. The number of carbonyl (C=O) groups excluding carboxylic acids is 2. The van der Waals surface area contributed by atoms with E-state index < -0.39 is 11.9 Å². The second-order valence-electron chi connectivity index (χ2n) is 6.36. The zero-order chi connectivity index (χ0) is 19.6. The maximum atomic E-state index is 11.7. The molecule has 4 heteroatoms. The highest BCUT2D eigenvalue weighted by Gasteiger charge is 2.21. The van der Waals surface area contributed by atoms with Crippen molar-refractivity contribution in [1.82, 2.24) is 0 Å². The lowest BCUT2D eigenvalue weighted by molar-refractivity contribution is -0.134. The van der Waals surface area contributed by atoms with Crippen LogP contribution >= 0.6 is 0 Å². The minimum atomic E-state index is -0.455. The quantitative estimate of drug-likeness (QED) is 0.443. The summed E-state index contributed by atoms with van der Waals surface area (Å²) in [4.78, 5) is 23.5. The lowest BCUT2D eigenvalue weighted by atomic mass is 9.89. The topological polar surface area (TPSA) is 52.6 Å². The van der Waals surface area contributed by atoms with E-state index in [-0.39, 0.29) is 0 Å². The maximum absolute atomic E-state index is 11.7. The highest BCUT2D eigenvalue weighted by atomic mass is 16.5. The molecule has 1 radical (unpaired) electrons. The van der Waals surface area contributed by atoms with Gasteiger partial charge in [-0.3, -0.25) is 0 Å². The third-order valence-electron chi connectivity index (χ3n) is 4.01. The smallest absolute Gasteiger partial charge is 0.338 e. The Hall–Kier alpha value is -3.40. The second-order valence-corrected chi connectivity index (χ2v) is 6.36. The Balaban J connectivity index is 1.90. The molecule has 0 aliphatic heterocycles. The molecule has 0 unspecified atom stereocenters. The predicted molar refractivity (Wildman–Crippen MR) is 105 cm³/mol. The van der Waals surface area contributed by atoms with Crippen molar-refractivity contribution < 1.29 is 19.1 Å². The van der Waals surface area contributed by atoms with E-state index in [1.807, 2.05) is 42.9 Å². The van der Waals surface area contributed by atoms with Gasteiger partial charge in [-0.1, -0.05) is 43.5 Å². The molecule has 0 N–H and O–H groups in total. The summed E-state index contributed by atoms with van der Waals surface area (Å²) in [5.74, 6) is 0.00989. The van der Waals surface area contributed by atoms with Crippen LogP contribution < -0.4 is 4.74 Å². The molecule has 1 aromatic rings. The van der Waals surface area contributed by atoms with Gasteiger partial charge in [-0.15, -0.1) is 0 Å². The zero-order valence-electron chi connectivity index (χ0n) is 15.2. The molecule has 0 bridgehead atoms.